The molecule has 0 unspecified atom stereocenters. The highest BCUT2D eigenvalue weighted by atomic mass is 35.5. The molecule has 1 heterocycles. The van der Waals surface area contributed by atoms with Gasteiger partial charge in [0, 0.05) is 17.3 Å². The van der Waals surface area contributed by atoms with Crippen molar-refractivity contribution >= 4 is 27.3 Å². The van der Waals surface area contributed by atoms with E-state index in [0.717, 1.165) is 22.9 Å². The Morgan fingerprint density at radius 1 is 1.04 bits per heavy atom. The van der Waals surface area contributed by atoms with Gasteiger partial charge >= 0.3 is 0 Å². The first-order valence-electron chi connectivity index (χ1n) is 8.36. The van der Waals surface area contributed by atoms with Gasteiger partial charge in [0.1, 0.15) is 5.75 Å². The minimum absolute atomic E-state index is 0.137. The van der Waals surface area contributed by atoms with Crippen LogP contribution >= 0.6 is 11.6 Å². The summed E-state index contributed by atoms with van der Waals surface area (Å²) in [6.45, 7) is 0.397. The number of sulfonamides is 1. The second kappa shape index (κ2) is 8.08. The van der Waals surface area contributed by atoms with Crippen LogP contribution in [0.2, 0.25) is 5.02 Å². The molecule has 0 radical (unpaired) electrons. The molecule has 28 heavy (non-hydrogen) atoms. The number of ether oxygens (including phenoxy) is 1. The van der Waals surface area contributed by atoms with Crippen LogP contribution in [0.25, 0.3) is 11.1 Å². The number of nitrogens with zero attached hydrogens (tertiary/aromatic N) is 1. The van der Waals surface area contributed by atoms with Gasteiger partial charge in [0.15, 0.2) is 0 Å². The number of methoxy groups -OCH3 is 1. The van der Waals surface area contributed by atoms with Crippen LogP contribution in [0.3, 0.4) is 0 Å². The monoisotopic (exact) mass is 418 g/mol. The second-order valence-electron chi connectivity index (χ2n) is 6.30. The van der Waals surface area contributed by atoms with Crippen molar-refractivity contribution in [2.75, 3.05) is 18.1 Å². The molecule has 0 saturated heterocycles. The van der Waals surface area contributed by atoms with E-state index in [9.17, 15) is 13.2 Å². The largest absolute Gasteiger partial charge is 0.495 e. The molecule has 8 heteroatoms. The van der Waals surface area contributed by atoms with Gasteiger partial charge in [0.25, 0.3) is 5.56 Å². The minimum Gasteiger partial charge on any atom is -0.495 e. The predicted molar refractivity (Wildman–Crippen MR) is 112 cm³/mol. The number of halogens is 1. The fourth-order valence-corrected chi connectivity index (χ4v) is 3.46. The topological polar surface area (TPSA) is 77.4 Å². The summed E-state index contributed by atoms with van der Waals surface area (Å²) < 4.78 is 32.5. The molecule has 6 nitrogen and oxygen atoms in total. The molecule has 1 N–H and O–H groups in total. The van der Waals surface area contributed by atoms with Crippen LogP contribution in [-0.2, 0) is 16.6 Å². The van der Waals surface area contributed by atoms with Crippen LogP contribution < -0.4 is 15.0 Å². The summed E-state index contributed by atoms with van der Waals surface area (Å²) >= 11 is 5.91. The lowest BCUT2D eigenvalue weighted by Crippen LogP contribution is -2.19. The highest BCUT2D eigenvalue weighted by Crippen LogP contribution is 2.31. The number of hydrogen-bond donors (Lipinski definition) is 1. The molecule has 0 bridgehead atoms. The van der Waals surface area contributed by atoms with Crippen LogP contribution in [0.4, 0.5) is 5.69 Å². The number of aromatic nitrogens is 1. The number of anilines is 1. The maximum absolute atomic E-state index is 12.3. The maximum atomic E-state index is 12.3. The van der Waals surface area contributed by atoms with Gasteiger partial charge in [0.2, 0.25) is 10.0 Å². The molecular formula is C20H19ClN2O4S. The van der Waals surface area contributed by atoms with Crippen molar-refractivity contribution in [1.29, 1.82) is 0 Å². The molecule has 0 spiro atoms. The van der Waals surface area contributed by atoms with E-state index in [-0.39, 0.29) is 5.56 Å². The molecule has 0 saturated carbocycles. The SMILES string of the molecule is COc1ccc(-c2ccc(=O)n(Cc3ccc(Cl)cc3)c2)cc1NS(C)(=O)=O. The van der Waals surface area contributed by atoms with Crippen molar-refractivity contribution in [1.82, 2.24) is 4.57 Å². The Balaban J connectivity index is 1.98. The summed E-state index contributed by atoms with van der Waals surface area (Å²) in [6.07, 6.45) is 2.81. The number of rotatable bonds is 6. The Morgan fingerprint density at radius 3 is 2.36 bits per heavy atom. The van der Waals surface area contributed by atoms with E-state index < -0.39 is 10.0 Å². The molecule has 0 fully saturated rings. The number of nitrogens with one attached hydrogen (secondary N) is 1. The zero-order chi connectivity index (χ0) is 20.3. The lowest BCUT2D eigenvalue weighted by Gasteiger charge is -2.13. The van der Waals surface area contributed by atoms with Gasteiger partial charge in [-0.05, 0) is 47.0 Å². The van der Waals surface area contributed by atoms with E-state index in [2.05, 4.69) is 4.72 Å². The van der Waals surface area contributed by atoms with Crippen LogP contribution in [0.15, 0.2) is 65.6 Å². The third kappa shape index (κ3) is 4.94. The third-order valence-electron chi connectivity index (χ3n) is 4.08. The van der Waals surface area contributed by atoms with Gasteiger partial charge in [-0.1, -0.05) is 29.8 Å². The van der Waals surface area contributed by atoms with Gasteiger partial charge < -0.3 is 9.30 Å². The van der Waals surface area contributed by atoms with Crippen molar-refractivity contribution in [2.45, 2.75) is 6.54 Å². The van der Waals surface area contributed by atoms with Crippen LogP contribution in [0, 0.1) is 0 Å². The Bertz CT molecular complexity index is 1160. The molecule has 2 aromatic carbocycles. The lowest BCUT2D eigenvalue weighted by atomic mass is 10.1. The van der Waals surface area contributed by atoms with E-state index in [0.29, 0.717) is 23.0 Å². The number of benzene rings is 2. The quantitative estimate of drug-likeness (QED) is 0.663. The molecular weight excluding hydrogens is 400 g/mol. The highest BCUT2D eigenvalue weighted by Gasteiger charge is 2.11. The summed E-state index contributed by atoms with van der Waals surface area (Å²) in [5, 5.41) is 0.633. The van der Waals surface area contributed by atoms with Gasteiger partial charge in [-0.2, -0.15) is 0 Å². The van der Waals surface area contributed by atoms with E-state index in [1.165, 1.54) is 13.2 Å². The molecule has 0 aliphatic rings. The smallest absolute Gasteiger partial charge is 0.250 e. The van der Waals surface area contributed by atoms with Crippen molar-refractivity contribution in [3.63, 3.8) is 0 Å². The Hall–Kier alpha value is -2.77. The van der Waals surface area contributed by atoms with Crippen LogP contribution in [0.1, 0.15) is 5.56 Å². The lowest BCUT2D eigenvalue weighted by molar-refractivity contribution is 0.417. The van der Waals surface area contributed by atoms with Crippen molar-refractivity contribution in [3.8, 4) is 16.9 Å². The summed E-state index contributed by atoms with van der Waals surface area (Å²) in [4.78, 5) is 12.3. The normalized spacial score (nSPS) is 11.2. The Kier molecular flexibility index (Phi) is 5.76. The van der Waals surface area contributed by atoms with Gasteiger partial charge in [-0.25, -0.2) is 8.42 Å². The summed E-state index contributed by atoms with van der Waals surface area (Å²) in [5.74, 6) is 0.406. The van der Waals surface area contributed by atoms with Crippen molar-refractivity contribution in [3.05, 3.63) is 81.7 Å². The average molecular weight is 419 g/mol. The molecule has 0 aliphatic heterocycles. The van der Waals surface area contributed by atoms with E-state index >= 15 is 0 Å². The zero-order valence-corrected chi connectivity index (χ0v) is 16.9. The molecule has 0 atom stereocenters. The Morgan fingerprint density at radius 2 is 1.71 bits per heavy atom. The standard InChI is InChI=1S/C20H19ClN2O4S/c1-27-19-9-5-15(11-18(19)22-28(2,25)26)16-6-10-20(24)23(13-16)12-14-3-7-17(21)8-4-14/h3-11,13,22H,12H2,1-2H3. The van der Waals surface area contributed by atoms with E-state index in [1.54, 1.807) is 47.2 Å². The predicted octanol–water partition coefficient (Wildman–Crippen LogP) is 3.60. The molecule has 0 amide bonds. The summed E-state index contributed by atoms with van der Waals surface area (Å²) in [6, 6.07) is 15.6. The fourth-order valence-electron chi connectivity index (χ4n) is 2.78. The number of pyridine rings is 1. The first kappa shape index (κ1) is 20.0. The molecule has 0 aliphatic carbocycles. The zero-order valence-electron chi connectivity index (χ0n) is 15.3. The van der Waals surface area contributed by atoms with Crippen molar-refractivity contribution < 1.29 is 13.2 Å². The summed E-state index contributed by atoms with van der Waals surface area (Å²) in [5.41, 5.74) is 2.65. The average Bonchev–Trinajstić information content (AvgIpc) is 2.64. The number of hydrogen-bond acceptors (Lipinski definition) is 4. The first-order chi connectivity index (χ1) is 13.2. The highest BCUT2D eigenvalue weighted by molar-refractivity contribution is 7.92. The van der Waals surface area contributed by atoms with Crippen LogP contribution in [-0.4, -0.2) is 26.4 Å². The van der Waals surface area contributed by atoms with Gasteiger partial charge in [-0.3, -0.25) is 9.52 Å². The Labute approximate surface area is 168 Å². The molecule has 3 aromatic rings. The first-order valence-corrected chi connectivity index (χ1v) is 10.6. The molecule has 146 valence electrons. The minimum atomic E-state index is -3.46. The third-order valence-corrected chi connectivity index (χ3v) is 4.92. The van der Waals surface area contributed by atoms with E-state index in [1.807, 2.05) is 12.1 Å². The van der Waals surface area contributed by atoms with Crippen molar-refractivity contribution in [2.24, 2.45) is 0 Å². The molecule has 1 aromatic heterocycles. The summed E-state index contributed by atoms with van der Waals surface area (Å²) in [7, 11) is -2.00. The molecule has 3 rings (SSSR count). The van der Waals surface area contributed by atoms with E-state index in [4.69, 9.17) is 16.3 Å². The van der Waals surface area contributed by atoms with Gasteiger partial charge in [0.05, 0.1) is 25.6 Å². The second-order valence-corrected chi connectivity index (χ2v) is 8.48. The fraction of sp³-hybridized carbons (Fsp3) is 0.150. The van der Waals surface area contributed by atoms with Crippen LogP contribution in [0.5, 0.6) is 5.75 Å². The maximum Gasteiger partial charge on any atom is 0.250 e. The van der Waals surface area contributed by atoms with Gasteiger partial charge in [-0.15, -0.1) is 0 Å².